The van der Waals surface area contributed by atoms with E-state index in [0.29, 0.717) is 6.04 Å². The molecule has 0 radical (unpaired) electrons. The summed E-state index contributed by atoms with van der Waals surface area (Å²) in [5.74, 6) is 0.161. The van der Waals surface area contributed by atoms with Crippen LogP contribution < -0.4 is 0 Å². The normalized spacial score (nSPS) is 21.5. The molecule has 1 atom stereocenters. The van der Waals surface area contributed by atoms with Gasteiger partial charge >= 0.3 is 0 Å². The van der Waals surface area contributed by atoms with Gasteiger partial charge in [-0.05, 0) is 34.4 Å². The molecule has 1 saturated heterocycles. The second-order valence-electron chi connectivity index (χ2n) is 4.41. The Labute approximate surface area is 86.4 Å². The molecule has 1 aliphatic rings. The minimum absolute atomic E-state index is 0.161. The largest absolute Gasteiger partial charge is 0.338 e. The Morgan fingerprint density at radius 2 is 2.07 bits per heavy atom. The summed E-state index contributed by atoms with van der Waals surface area (Å²) in [4.78, 5) is 15.8. The van der Waals surface area contributed by atoms with Crippen LogP contribution in [0.15, 0.2) is 11.6 Å². The van der Waals surface area contributed by atoms with Crippen molar-refractivity contribution in [3.63, 3.8) is 0 Å². The summed E-state index contributed by atoms with van der Waals surface area (Å²) in [7, 11) is 4.14. The first-order valence-corrected chi connectivity index (χ1v) is 5.11. The number of rotatable bonds is 2. The van der Waals surface area contributed by atoms with Gasteiger partial charge in [0.1, 0.15) is 0 Å². The maximum absolute atomic E-state index is 11.7. The predicted octanol–water partition coefficient (Wildman–Crippen LogP) is 1.12. The summed E-state index contributed by atoms with van der Waals surface area (Å²) in [5, 5.41) is 0. The number of likely N-dealkylation sites (tertiary alicyclic amines) is 1. The van der Waals surface area contributed by atoms with Gasteiger partial charge in [0.15, 0.2) is 0 Å². The van der Waals surface area contributed by atoms with Crippen LogP contribution in [0.5, 0.6) is 0 Å². The molecule has 1 fully saturated rings. The van der Waals surface area contributed by atoms with Crippen LogP contribution in [0.25, 0.3) is 0 Å². The van der Waals surface area contributed by atoms with Gasteiger partial charge in [0.25, 0.3) is 0 Å². The first kappa shape index (κ1) is 11.2. The van der Waals surface area contributed by atoms with Gasteiger partial charge < -0.3 is 9.80 Å². The Morgan fingerprint density at radius 1 is 1.43 bits per heavy atom. The van der Waals surface area contributed by atoms with E-state index in [1.54, 1.807) is 6.08 Å². The molecule has 0 aromatic rings. The van der Waals surface area contributed by atoms with Crippen molar-refractivity contribution in [2.45, 2.75) is 26.3 Å². The Morgan fingerprint density at radius 3 is 2.50 bits per heavy atom. The van der Waals surface area contributed by atoms with E-state index in [0.717, 1.165) is 25.1 Å². The molecular formula is C11H20N2O. The Balaban J connectivity index is 2.50. The number of carbonyl (C=O) groups excluding carboxylic acids is 1. The van der Waals surface area contributed by atoms with Gasteiger partial charge in [0.05, 0.1) is 0 Å². The third kappa shape index (κ3) is 2.84. The van der Waals surface area contributed by atoms with Crippen molar-refractivity contribution in [1.29, 1.82) is 0 Å². The molecule has 1 aliphatic heterocycles. The van der Waals surface area contributed by atoms with Crippen molar-refractivity contribution in [2.24, 2.45) is 0 Å². The fourth-order valence-corrected chi connectivity index (χ4v) is 1.70. The molecule has 1 rings (SSSR count). The highest BCUT2D eigenvalue weighted by atomic mass is 16.2. The Bertz CT molecular complexity index is 242. The summed E-state index contributed by atoms with van der Waals surface area (Å²) < 4.78 is 0. The van der Waals surface area contributed by atoms with Gasteiger partial charge in [-0.2, -0.15) is 0 Å². The van der Waals surface area contributed by atoms with Crippen molar-refractivity contribution < 1.29 is 4.79 Å². The number of hydrogen-bond donors (Lipinski definition) is 0. The van der Waals surface area contributed by atoms with E-state index in [4.69, 9.17) is 0 Å². The van der Waals surface area contributed by atoms with Crippen LogP contribution in [-0.2, 0) is 4.79 Å². The van der Waals surface area contributed by atoms with E-state index in [9.17, 15) is 4.79 Å². The molecule has 1 amide bonds. The van der Waals surface area contributed by atoms with E-state index < -0.39 is 0 Å². The van der Waals surface area contributed by atoms with Gasteiger partial charge in [0.2, 0.25) is 5.91 Å². The maximum Gasteiger partial charge on any atom is 0.246 e. The number of carbonyl (C=O) groups is 1. The van der Waals surface area contributed by atoms with Crippen molar-refractivity contribution in [3.05, 3.63) is 11.6 Å². The predicted molar refractivity (Wildman–Crippen MR) is 58.1 cm³/mol. The number of hydrogen-bond acceptors (Lipinski definition) is 2. The van der Waals surface area contributed by atoms with E-state index in [-0.39, 0.29) is 5.91 Å². The lowest BCUT2D eigenvalue weighted by molar-refractivity contribution is -0.125. The smallest absolute Gasteiger partial charge is 0.246 e. The molecule has 3 heteroatoms. The topological polar surface area (TPSA) is 23.6 Å². The van der Waals surface area contributed by atoms with Crippen molar-refractivity contribution in [2.75, 3.05) is 27.2 Å². The highest BCUT2D eigenvalue weighted by Gasteiger charge is 2.26. The number of amides is 1. The second kappa shape index (κ2) is 4.60. The van der Waals surface area contributed by atoms with E-state index in [1.807, 2.05) is 18.7 Å². The van der Waals surface area contributed by atoms with E-state index >= 15 is 0 Å². The monoisotopic (exact) mass is 196 g/mol. The fraction of sp³-hybridized carbons (Fsp3) is 0.727. The fourth-order valence-electron chi connectivity index (χ4n) is 1.70. The van der Waals surface area contributed by atoms with Crippen LogP contribution in [0.1, 0.15) is 20.3 Å². The molecule has 0 saturated carbocycles. The highest BCUT2D eigenvalue weighted by Crippen LogP contribution is 2.13. The standard InChI is InChI=1S/C11H20N2O/c1-9(2)7-11(14)13-6-5-10(8-13)12(3)4/h7,10H,5-6,8H2,1-4H3. The van der Waals surface area contributed by atoms with E-state index in [1.165, 1.54) is 0 Å². The summed E-state index contributed by atoms with van der Waals surface area (Å²) >= 11 is 0. The summed E-state index contributed by atoms with van der Waals surface area (Å²) in [5.41, 5.74) is 1.07. The van der Waals surface area contributed by atoms with Crippen LogP contribution in [0.3, 0.4) is 0 Å². The average molecular weight is 196 g/mol. The zero-order valence-corrected chi connectivity index (χ0v) is 9.58. The molecule has 0 aromatic heterocycles. The van der Waals surface area contributed by atoms with Gasteiger partial charge in [-0.15, -0.1) is 0 Å². The molecule has 80 valence electrons. The number of allylic oxidation sites excluding steroid dienone is 1. The van der Waals surface area contributed by atoms with Crippen LogP contribution in [-0.4, -0.2) is 48.9 Å². The van der Waals surface area contributed by atoms with Crippen LogP contribution in [0, 0.1) is 0 Å². The van der Waals surface area contributed by atoms with Crippen LogP contribution >= 0.6 is 0 Å². The van der Waals surface area contributed by atoms with Crippen molar-refractivity contribution in [1.82, 2.24) is 9.80 Å². The second-order valence-corrected chi connectivity index (χ2v) is 4.41. The average Bonchev–Trinajstić information content (AvgIpc) is 2.50. The molecule has 14 heavy (non-hydrogen) atoms. The third-order valence-electron chi connectivity index (χ3n) is 2.62. The molecule has 1 heterocycles. The van der Waals surface area contributed by atoms with E-state index in [2.05, 4.69) is 19.0 Å². The molecule has 3 nitrogen and oxygen atoms in total. The number of likely N-dealkylation sites (N-methyl/N-ethyl adjacent to an activating group) is 1. The molecular weight excluding hydrogens is 176 g/mol. The van der Waals surface area contributed by atoms with Crippen molar-refractivity contribution in [3.8, 4) is 0 Å². The van der Waals surface area contributed by atoms with Crippen LogP contribution in [0.4, 0.5) is 0 Å². The maximum atomic E-state index is 11.7. The lowest BCUT2D eigenvalue weighted by Crippen LogP contribution is -2.33. The molecule has 0 aromatic carbocycles. The van der Waals surface area contributed by atoms with Gasteiger partial charge in [0, 0.05) is 25.2 Å². The molecule has 1 unspecified atom stereocenters. The van der Waals surface area contributed by atoms with Crippen molar-refractivity contribution >= 4 is 5.91 Å². The third-order valence-corrected chi connectivity index (χ3v) is 2.62. The zero-order valence-electron chi connectivity index (χ0n) is 9.58. The minimum Gasteiger partial charge on any atom is -0.338 e. The van der Waals surface area contributed by atoms with Crippen LogP contribution in [0.2, 0.25) is 0 Å². The quantitative estimate of drug-likeness (QED) is 0.618. The molecule has 0 N–H and O–H groups in total. The number of nitrogens with zero attached hydrogens (tertiary/aromatic N) is 2. The van der Waals surface area contributed by atoms with Gasteiger partial charge in [-0.1, -0.05) is 5.57 Å². The SMILES string of the molecule is CC(C)=CC(=O)N1CCC(N(C)C)C1. The molecule has 0 aliphatic carbocycles. The lowest BCUT2D eigenvalue weighted by Gasteiger charge is -2.19. The molecule has 0 spiro atoms. The lowest BCUT2D eigenvalue weighted by atomic mass is 10.2. The minimum atomic E-state index is 0.161. The summed E-state index contributed by atoms with van der Waals surface area (Å²) in [6.07, 6.45) is 2.81. The first-order valence-electron chi connectivity index (χ1n) is 5.11. The molecule has 0 bridgehead atoms. The zero-order chi connectivity index (χ0) is 10.7. The summed E-state index contributed by atoms with van der Waals surface area (Å²) in [6.45, 7) is 5.68. The van der Waals surface area contributed by atoms with Gasteiger partial charge in [-0.3, -0.25) is 4.79 Å². The Hall–Kier alpha value is -0.830. The Kier molecular flexibility index (Phi) is 3.69. The van der Waals surface area contributed by atoms with Gasteiger partial charge in [-0.25, -0.2) is 0 Å². The first-order chi connectivity index (χ1) is 6.50. The summed E-state index contributed by atoms with van der Waals surface area (Å²) in [6, 6.07) is 0.532. The highest BCUT2D eigenvalue weighted by molar-refractivity contribution is 5.88.